The normalized spacial score (nSPS) is 11.5. The van der Waals surface area contributed by atoms with Crippen molar-refractivity contribution in [1.82, 2.24) is 29.1 Å². The molecule has 0 aliphatic carbocycles. The first kappa shape index (κ1) is 18.9. The van der Waals surface area contributed by atoms with E-state index in [0.29, 0.717) is 43.7 Å². The number of para-hydroxylation sites is 2. The molecule has 0 radical (unpaired) electrons. The number of nitrogens with one attached hydrogen (secondary N) is 1. The maximum Gasteiger partial charge on any atom is 0.281 e. The third-order valence-electron chi connectivity index (χ3n) is 5.34. The quantitative estimate of drug-likeness (QED) is 0.372. The number of aromatic amines is 1. The molecule has 0 saturated carbocycles. The van der Waals surface area contributed by atoms with Crippen LogP contribution in [0.1, 0.15) is 0 Å². The lowest BCUT2D eigenvalue weighted by Gasteiger charge is -2.17. The molecule has 1 N–H and O–H groups in total. The van der Waals surface area contributed by atoms with E-state index in [0.717, 1.165) is 10.9 Å². The molecule has 6 aromatic rings. The van der Waals surface area contributed by atoms with E-state index in [2.05, 4.69) is 15.2 Å². The monoisotopic (exact) mass is 456 g/mol. The lowest BCUT2D eigenvalue weighted by atomic mass is 10.1. The standard InChI is InChI=1S/C23H13ClN6OS/c24-14-7-5-6-13(12-14)19-25-21(31)16-9-2-4-11-18(16)29(19)20-15-8-1-3-10-17(15)30-22(26-20)27-28-23(30)32/h1-12H,(H,28,32). The fraction of sp³-hybridized carbons (Fsp3) is 0. The van der Waals surface area contributed by atoms with Crippen LogP contribution in [-0.4, -0.2) is 29.1 Å². The van der Waals surface area contributed by atoms with E-state index in [1.54, 1.807) is 22.6 Å². The van der Waals surface area contributed by atoms with Crippen molar-refractivity contribution in [3.05, 3.63) is 92.9 Å². The third-order valence-corrected chi connectivity index (χ3v) is 5.84. The summed E-state index contributed by atoms with van der Waals surface area (Å²) in [6.45, 7) is 0. The van der Waals surface area contributed by atoms with Crippen molar-refractivity contribution >= 4 is 51.4 Å². The summed E-state index contributed by atoms with van der Waals surface area (Å²) in [5.41, 5.74) is 1.90. The Hall–Kier alpha value is -3.88. The van der Waals surface area contributed by atoms with Crippen molar-refractivity contribution in [1.29, 1.82) is 0 Å². The minimum Gasteiger partial charge on any atom is -0.277 e. The van der Waals surface area contributed by atoms with Crippen LogP contribution in [0.2, 0.25) is 5.02 Å². The van der Waals surface area contributed by atoms with Gasteiger partial charge in [0.25, 0.3) is 11.3 Å². The SMILES string of the molecule is O=c1nc(-c2cccc(Cl)c2)n(-c2nc3n[nH]c(=S)n3c3ccccc23)c2ccccc12. The minimum absolute atomic E-state index is 0.320. The number of hydrogen-bond donors (Lipinski definition) is 1. The second-order valence-corrected chi connectivity index (χ2v) is 8.04. The highest BCUT2D eigenvalue weighted by Gasteiger charge is 2.19. The van der Waals surface area contributed by atoms with Gasteiger partial charge < -0.3 is 0 Å². The summed E-state index contributed by atoms with van der Waals surface area (Å²) in [4.78, 5) is 22.2. The summed E-state index contributed by atoms with van der Waals surface area (Å²) in [6, 6.07) is 22.4. The zero-order valence-electron chi connectivity index (χ0n) is 16.4. The Morgan fingerprint density at radius 2 is 1.62 bits per heavy atom. The smallest absolute Gasteiger partial charge is 0.277 e. The Morgan fingerprint density at radius 1 is 0.875 bits per heavy atom. The van der Waals surface area contributed by atoms with Gasteiger partial charge >= 0.3 is 0 Å². The predicted molar refractivity (Wildman–Crippen MR) is 127 cm³/mol. The molecule has 32 heavy (non-hydrogen) atoms. The van der Waals surface area contributed by atoms with E-state index >= 15 is 0 Å². The summed E-state index contributed by atoms with van der Waals surface area (Å²) < 4.78 is 4.11. The van der Waals surface area contributed by atoms with Crippen LogP contribution in [0.4, 0.5) is 0 Å². The molecule has 0 saturated heterocycles. The van der Waals surface area contributed by atoms with Crippen LogP contribution in [0.5, 0.6) is 0 Å². The lowest BCUT2D eigenvalue weighted by molar-refractivity contribution is 0.982. The highest BCUT2D eigenvalue weighted by Crippen LogP contribution is 2.30. The van der Waals surface area contributed by atoms with Gasteiger partial charge in [-0.05, 0) is 48.6 Å². The van der Waals surface area contributed by atoms with Crippen LogP contribution in [0, 0.1) is 4.77 Å². The highest BCUT2D eigenvalue weighted by atomic mass is 35.5. The molecule has 3 heterocycles. The third kappa shape index (κ3) is 2.77. The summed E-state index contributed by atoms with van der Waals surface area (Å²) >= 11 is 11.7. The summed E-state index contributed by atoms with van der Waals surface area (Å²) in [5.74, 6) is 1.44. The fourth-order valence-electron chi connectivity index (χ4n) is 3.97. The minimum atomic E-state index is -0.320. The topological polar surface area (TPSA) is 80.9 Å². The van der Waals surface area contributed by atoms with Crippen LogP contribution in [-0.2, 0) is 0 Å². The van der Waals surface area contributed by atoms with Crippen LogP contribution in [0.25, 0.3) is 44.8 Å². The van der Waals surface area contributed by atoms with E-state index in [1.807, 2.05) is 59.2 Å². The molecule has 0 unspecified atom stereocenters. The Bertz CT molecular complexity index is 1800. The number of aromatic nitrogens is 6. The highest BCUT2D eigenvalue weighted by molar-refractivity contribution is 7.71. The van der Waals surface area contributed by atoms with Crippen molar-refractivity contribution in [2.45, 2.75) is 0 Å². The average Bonchev–Trinajstić information content (AvgIpc) is 3.19. The first-order valence-electron chi connectivity index (χ1n) is 9.76. The largest absolute Gasteiger partial charge is 0.281 e. The van der Waals surface area contributed by atoms with Crippen LogP contribution >= 0.6 is 23.8 Å². The molecule has 0 bridgehead atoms. The number of H-pyrrole nitrogens is 1. The van der Waals surface area contributed by atoms with Gasteiger partial charge in [0.1, 0.15) is 5.82 Å². The Morgan fingerprint density at radius 3 is 2.44 bits per heavy atom. The van der Waals surface area contributed by atoms with Crippen molar-refractivity contribution in [3.8, 4) is 17.2 Å². The van der Waals surface area contributed by atoms with E-state index < -0.39 is 0 Å². The van der Waals surface area contributed by atoms with Gasteiger partial charge in [0.15, 0.2) is 5.82 Å². The molecule has 0 aliphatic rings. The molecule has 7 nitrogen and oxygen atoms in total. The van der Waals surface area contributed by atoms with Crippen molar-refractivity contribution in [2.75, 3.05) is 0 Å². The van der Waals surface area contributed by atoms with Gasteiger partial charge in [-0.1, -0.05) is 48.0 Å². The van der Waals surface area contributed by atoms with Crippen LogP contribution < -0.4 is 5.56 Å². The van der Waals surface area contributed by atoms with Gasteiger partial charge in [0, 0.05) is 16.0 Å². The van der Waals surface area contributed by atoms with Gasteiger partial charge in [-0.25, -0.2) is 5.10 Å². The molecule has 0 spiro atoms. The Kier molecular flexibility index (Phi) is 4.17. The van der Waals surface area contributed by atoms with E-state index in [1.165, 1.54) is 0 Å². The molecular formula is C23H13ClN6OS. The second-order valence-electron chi connectivity index (χ2n) is 7.22. The van der Waals surface area contributed by atoms with Crippen molar-refractivity contribution in [2.24, 2.45) is 0 Å². The first-order valence-corrected chi connectivity index (χ1v) is 10.5. The molecule has 6 rings (SSSR count). The molecule has 154 valence electrons. The van der Waals surface area contributed by atoms with Gasteiger partial charge in [-0.2, -0.15) is 9.97 Å². The number of fused-ring (bicyclic) bond motifs is 4. The van der Waals surface area contributed by atoms with E-state index in [9.17, 15) is 4.79 Å². The molecule has 3 aromatic carbocycles. The van der Waals surface area contributed by atoms with E-state index in [-0.39, 0.29) is 5.56 Å². The fourth-order valence-corrected chi connectivity index (χ4v) is 4.39. The Labute approximate surface area is 190 Å². The second kappa shape index (κ2) is 7.08. The summed E-state index contributed by atoms with van der Waals surface area (Å²) in [7, 11) is 0. The molecular weight excluding hydrogens is 444 g/mol. The van der Waals surface area contributed by atoms with Crippen molar-refractivity contribution < 1.29 is 0 Å². The van der Waals surface area contributed by atoms with Crippen molar-refractivity contribution in [3.63, 3.8) is 0 Å². The van der Waals surface area contributed by atoms with Gasteiger partial charge in [0.2, 0.25) is 4.77 Å². The zero-order chi connectivity index (χ0) is 21.8. The Balaban J connectivity index is 1.86. The summed E-state index contributed by atoms with van der Waals surface area (Å²) in [5, 5.41) is 8.96. The average molecular weight is 457 g/mol. The number of rotatable bonds is 2. The zero-order valence-corrected chi connectivity index (χ0v) is 17.9. The molecule has 0 amide bonds. The first-order chi connectivity index (χ1) is 15.6. The lowest BCUT2D eigenvalue weighted by Crippen LogP contribution is -2.17. The molecule has 3 aromatic heterocycles. The van der Waals surface area contributed by atoms with Crippen LogP contribution in [0.15, 0.2) is 77.6 Å². The molecule has 0 fully saturated rings. The number of nitrogens with zero attached hydrogens (tertiary/aromatic N) is 5. The van der Waals surface area contributed by atoms with Gasteiger partial charge in [0.05, 0.1) is 16.4 Å². The maximum atomic E-state index is 12.9. The number of benzene rings is 3. The molecule has 9 heteroatoms. The van der Waals surface area contributed by atoms with E-state index in [4.69, 9.17) is 28.8 Å². The molecule has 0 atom stereocenters. The predicted octanol–water partition coefficient (Wildman–Crippen LogP) is 4.96. The summed E-state index contributed by atoms with van der Waals surface area (Å²) in [6.07, 6.45) is 0. The number of hydrogen-bond acceptors (Lipinski definition) is 5. The van der Waals surface area contributed by atoms with Gasteiger partial charge in [-0.3, -0.25) is 13.8 Å². The molecule has 0 aliphatic heterocycles. The van der Waals surface area contributed by atoms with Gasteiger partial charge in [-0.15, -0.1) is 5.10 Å². The van der Waals surface area contributed by atoms with Crippen LogP contribution in [0.3, 0.4) is 0 Å². The number of halogens is 1. The maximum absolute atomic E-state index is 12.9.